The zero-order valence-corrected chi connectivity index (χ0v) is 13.8. The first-order chi connectivity index (χ1) is 12.9. The Balaban J connectivity index is 1.64. The number of hydrogen-bond donors (Lipinski definition) is 1. The Hall–Kier alpha value is -3.36. The second-order valence-corrected chi connectivity index (χ2v) is 5.89. The highest BCUT2D eigenvalue weighted by atomic mass is 19.4. The second-order valence-electron chi connectivity index (χ2n) is 5.89. The van der Waals surface area contributed by atoms with E-state index in [0.29, 0.717) is 17.9 Å². The summed E-state index contributed by atoms with van der Waals surface area (Å²) in [6.07, 6.45) is 2.62. The first kappa shape index (κ1) is 17.1. The van der Waals surface area contributed by atoms with Crippen molar-refractivity contribution in [2.45, 2.75) is 19.0 Å². The number of amides is 1. The van der Waals surface area contributed by atoms with Crippen molar-refractivity contribution in [3.8, 4) is 0 Å². The maximum atomic E-state index is 13.0. The Morgan fingerprint density at radius 1 is 1.22 bits per heavy atom. The SMILES string of the molecule is O=C(CCc1ccco1)Nc1nc2ccc(C(F)(F)F)nc2n1C1=CC=C1. The number of fused-ring (bicyclic) bond motifs is 1. The zero-order valence-electron chi connectivity index (χ0n) is 13.8. The number of carbonyl (C=O) groups excluding carboxylic acids is 1. The predicted octanol–water partition coefficient (Wildman–Crippen LogP) is 4.03. The number of carbonyl (C=O) groups is 1. The third kappa shape index (κ3) is 3.35. The van der Waals surface area contributed by atoms with Gasteiger partial charge in [-0.05, 0) is 36.4 Å². The Morgan fingerprint density at radius 2 is 2.04 bits per heavy atom. The maximum Gasteiger partial charge on any atom is 0.433 e. The summed E-state index contributed by atoms with van der Waals surface area (Å²) in [5, 5.41) is 2.65. The molecule has 3 aromatic rings. The fourth-order valence-electron chi connectivity index (χ4n) is 2.65. The fraction of sp³-hybridized carbons (Fsp3) is 0.167. The van der Waals surface area contributed by atoms with Crippen molar-refractivity contribution in [3.05, 3.63) is 60.2 Å². The van der Waals surface area contributed by atoms with E-state index < -0.39 is 11.9 Å². The van der Waals surface area contributed by atoms with Crippen LogP contribution in [0.25, 0.3) is 16.9 Å². The molecule has 6 nitrogen and oxygen atoms in total. The number of rotatable bonds is 5. The molecule has 0 aromatic carbocycles. The van der Waals surface area contributed by atoms with E-state index in [1.807, 2.05) is 0 Å². The smallest absolute Gasteiger partial charge is 0.433 e. The molecule has 0 aliphatic heterocycles. The lowest BCUT2D eigenvalue weighted by Gasteiger charge is -2.14. The van der Waals surface area contributed by atoms with Gasteiger partial charge >= 0.3 is 6.18 Å². The first-order valence-corrected chi connectivity index (χ1v) is 8.09. The van der Waals surface area contributed by atoms with Crippen LogP contribution in [0.4, 0.5) is 19.1 Å². The number of hydrogen-bond acceptors (Lipinski definition) is 4. The van der Waals surface area contributed by atoms with Crippen molar-refractivity contribution < 1.29 is 22.4 Å². The van der Waals surface area contributed by atoms with Gasteiger partial charge in [0.1, 0.15) is 17.0 Å². The number of nitrogens with one attached hydrogen (secondary N) is 1. The fourth-order valence-corrected chi connectivity index (χ4v) is 2.65. The Kier molecular flexibility index (Phi) is 4.06. The van der Waals surface area contributed by atoms with Crippen LogP contribution in [-0.4, -0.2) is 20.4 Å². The van der Waals surface area contributed by atoms with Gasteiger partial charge in [-0.1, -0.05) is 6.08 Å². The number of alkyl halides is 3. The summed E-state index contributed by atoms with van der Waals surface area (Å²) >= 11 is 0. The minimum absolute atomic E-state index is 0.0294. The van der Waals surface area contributed by atoms with Crippen LogP contribution in [0.1, 0.15) is 17.9 Å². The summed E-state index contributed by atoms with van der Waals surface area (Å²) in [6.45, 7) is 0. The lowest BCUT2D eigenvalue weighted by Crippen LogP contribution is -2.16. The summed E-state index contributed by atoms with van der Waals surface area (Å²) < 4.78 is 45.6. The molecule has 1 aliphatic carbocycles. The molecule has 138 valence electrons. The Bertz CT molecular complexity index is 1060. The molecule has 0 fully saturated rings. The summed E-state index contributed by atoms with van der Waals surface area (Å²) in [6, 6.07) is 5.59. The topological polar surface area (TPSA) is 73.0 Å². The summed E-state index contributed by atoms with van der Waals surface area (Å²) in [5.74, 6) is 0.458. The molecule has 0 bridgehead atoms. The van der Waals surface area contributed by atoms with Gasteiger partial charge in [0.15, 0.2) is 5.65 Å². The lowest BCUT2D eigenvalue weighted by molar-refractivity contribution is -0.141. The number of anilines is 1. The first-order valence-electron chi connectivity index (χ1n) is 8.09. The number of pyridine rings is 1. The Morgan fingerprint density at radius 3 is 2.67 bits per heavy atom. The van der Waals surface area contributed by atoms with Gasteiger partial charge in [0.05, 0.1) is 12.0 Å². The van der Waals surface area contributed by atoms with Crippen molar-refractivity contribution in [2.24, 2.45) is 0 Å². The van der Waals surface area contributed by atoms with Crippen LogP contribution in [0.15, 0.2) is 53.2 Å². The van der Waals surface area contributed by atoms with E-state index in [-0.39, 0.29) is 29.4 Å². The number of imidazole rings is 1. The van der Waals surface area contributed by atoms with Crippen LogP contribution in [0.5, 0.6) is 0 Å². The second kappa shape index (κ2) is 6.42. The molecule has 27 heavy (non-hydrogen) atoms. The van der Waals surface area contributed by atoms with Gasteiger partial charge in [0.25, 0.3) is 0 Å². The van der Waals surface area contributed by atoms with Gasteiger partial charge in [-0.3, -0.25) is 14.7 Å². The largest absolute Gasteiger partial charge is 0.469 e. The molecule has 0 saturated heterocycles. The number of halogens is 3. The van der Waals surface area contributed by atoms with Gasteiger partial charge in [0, 0.05) is 12.8 Å². The van der Waals surface area contributed by atoms with Crippen LogP contribution in [-0.2, 0) is 17.4 Å². The van der Waals surface area contributed by atoms with Crippen molar-refractivity contribution >= 4 is 28.7 Å². The van der Waals surface area contributed by atoms with E-state index >= 15 is 0 Å². The molecular weight excluding hydrogens is 361 g/mol. The minimum Gasteiger partial charge on any atom is -0.469 e. The summed E-state index contributed by atoms with van der Waals surface area (Å²) in [4.78, 5) is 20.2. The summed E-state index contributed by atoms with van der Waals surface area (Å²) in [7, 11) is 0. The third-order valence-electron chi connectivity index (χ3n) is 4.02. The molecule has 4 rings (SSSR count). The normalized spacial score (nSPS) is 13.5. The number of nitrogens with zero attached hydrogens (tertiary/aromatic N) is 3. The quantitative estimate of drug-likeness (QED) is 0.732. The third-order valence-corrected chi connectivity index (χ3v) is 4.02. The van der Waals surface area contributed by atoms with Gasteiger partial charge in [0.2, 0.25) is 11.9 Å². The average Bonchev–Trinajstić information content (AvgIpc) is 3.19. The number of aryl methyl sites for hydroxylation is 1. The number of furan rings is 1. The molecule has 1 aliphatic rings. The highest BCUT2D eigenvalue weighted by Crippen LogP contribution is 2.32. The van der Waals surface area contributed by atoms with Gasteiger partial charge in [-0.2, -0.15) is 13.2 Å². The Labute approximate surface area is 151 Å². The molecule has 3 heterocycles. The summed E-state index contributed by atoms with van der Waals surface area (Å²) in [5.41, 5.74) is -0.145. The molecule has 0 radical (unpaired) electrons. The van der Waals surface area contributed by atoms with Crippen LogP contribution in [0.2, 0.25) is 0 Å². The monoisotopic (exact) mass is 374 g/mol. The van der Waals surface area contributed by atoms with E-state index in [1.54, 1.807) is 30.4 Å². The lowest BCUT2D eigenvalue weighted by atomic mass is 10.2. The van der Waals surface area contributed by atoms with Crippen molar-refractivity contribution in [1.29, 1.82) is 0 Å². The highest BCUT2D eigenvalue weighted by molar-refractivity contribution is 5.93. The predicted molar refractivity (Wildman–Crippen MR) is 91.6 cm³/mol. The number of allylic oxidation sites excluding steroid dienone is 4. The van der Waals surface area contributed by atoms with Crippen LogP contribution in [0, 0.1) is 0 Å². The highest BCUT2D eigenvalue weighted by Gasteiger charge is 2.33. The van der Waals surface area contributed by atoms with E-state index in [2.05, 4.69) is 15.3 Å². The molecule has 3 aromatic heterocycles. The van der Waals surface area contributed by atoms with E-state index in [0.717, 1.165) is 6.07 Å². The van der Waals surface area contributed by atoms with Crippen molar-refractivity contribution in [1.82, 2.24) is 14.5 Å². The van der Waals surface area contributed by atoms with Gasteiger partial charge in [-0.25, -0.2) is 9.97 Å². The van der Waals surface area contributed by atoms with Crippen LogP contribution < -0.4 is 5.32 Å². The van der Waals surface area contributed by atoms with Gasteiger partial charge in [-0.15, -0.1) is 0 Å². The van der Waals surface area contributed by atoms with Crippen LogP contribution >= 0.6 is 0 Å². The minimum atomic E-state index is -4.57. The number of aromatic nitrogens is 3. The molecule has 0 spiro atoms. The molecule has 0 atom stereocenters. The van der Waals surface area contributed by atoms with Crippen LogP contribution in [0.3, 0.4) is 0 Å². The zero-order chi connectivity index (χ0) is 19.0. The maximum absolute atomic E-state index is 13.0. The van der Waals surface area contributed by atoms with Gasteiger partial charge < -0.3 is 4.42 Å². The molecule has 1 amide bonds. The van der Waals surface area contributed by atoms with Crippen molar-refractivity contribution in [2.75, 3.05) is 5.32 Å². The average molecular weight is 374 g/mol. The van der Waals surface area contributed by atoms with E-state index in [4.69, 9.17) is 4.42 Å². The molecule has 0 saturated carbocycles. The molecule has 1 N–H and O–H groups in total. The molecule has 9 heteroatoms. The standard InChI is InChI=1S/C18H13F3N4O2/c19-18(20,21)14-8-7-13-16(23-14)25(11-3-1-4-11)17(22-13)24-15(26)9-6-12-5-2-10-27-12/h1-5,7-8,10H,6,9H2,(H,22,24,26). The molecular formula is C18H13F3N4O2. The van der Waals surface area contributed by atoms with E-state index in [1.165, 1.54) is 16.9 Å². The van der Waals surface area contributed by atoms with E-state index in [9.17, 15) is 18.0 Å². The van der Waals surface area contributed by atoms with Crippen molar-refractivity contribution in [3.63, 3.8) is 0 Å². The molecule has 0 unspecified atom stereocenters.